The molecule has 0 aliphatic carbocycles. The van der Waals surface area contributed by atoms with Crippen molar-refractivity contribution >= 4 is 0 Å². The van der Waals surface area contributed by atoms with Gasteiger partial charge in [-0.05, 0) is 43.0 Å². The first-order chi connectivity index (χ1) is 6.54. The van der Waals surface area contributed by atoms with Crippen molar-refractivity contribution in [3.63, 3.8) is 0 Å². The van der Waals surface area contributed by atoms with Crippen LogP contribution in [0.15, 0.2) is 12.1 Å². The fraction of sp³-hybridized carbons (Fsp3) is 0.500. The number of benzene rings is 1. The summed E-state index contributed by atoms with van der Waals surface area (Å²) in [5.74, 6) is 0. The van der Waals surface area contributed by atoms with Gasteiger partial charge in [-0.25, -0.2) is 0 Å². The largest absolute Gasteiger partial charge is 0.394 e. The SMILES string of the molecule is Cc1cc(CC(O)CO)cc(C)c1C. The Morgan fingerprint density at radius 3 is 2.07 bits per heavy atom. The van der Waals surface area contributed by atoms with Gasteiger partial charge in [-0.3, -0.25) is 0 Å². The molecule has 0 fully saturated rings. The molecule has 0 saturated heterocycles. The summed E-state index contributed by atoms with van der Waals surface area (Å²) in [6.45, 7) is 6.05. The third-order valence-electron chi connectivity index (χ3n) is 2.67. The van der Waals surface area contributed by atoms with Gasteiger partial charge in [-0.1, -0.05) is 12.1 Å². The summed E-state index contributed by atoms with van der Waals surface area (Å²) < 4.78 is 0. The van der Waals surface area contributed by atoms with Gasteiger partial charge in [0.15, 0.2) is 0 Å². The van der Waals surface area contributed by atoms with E-state index in [4.69, 9.17) is 5.11 Å². The number of hydrogen-bond donors (Lipinski definition) is 2. The van der Waals surface area contributed by atoms with E-state index in [1.54, 1.807) is 0 Å². The molecule has 78 valence electrons. The first-order valence-corrected chi connectivity index (χ1v) is 4.90. The first-order valence-electron chi connectivity index (χ1n) is 4.90. The lowest BCUT2D eigenvalue weighted by Crippen LogP contribution is -2.15. The second-order valence-corrected chi connectivity index (χ2v) is 3.90. The second-order valence-electron chi connectivity index (χ2n) is 3.90. The van der Waals surface area contributed by atoms with Crippen LogP contribution in [0.1, 0.15) is 22.3 Å². The van der Waals surface area contributed by atoms with Crippen molar-refractivity contribution in [3.8, 4) is 0 Å². The van der Waals surface area contributed by atoms with Gasteiger partial charge in [0.05, 0.1) is 12.7 Å². The zero-order valence-corrected chi connectivity index (χ0v) is 9.04. The van der Waals surface area contributed by atoms with Crippen LogP contribution in [0.3, 0.4) is 0 Å². The summed E-state index contributed by atoms with van der Waals surface area (Å²) in [6.07, 6.45) is -0.116. The van der Waals surface area contributed by atoms with Crippen molar-refractivity contribution < 1.29 is 10.2 Å². The van der Waals surface area contributed by atoms with E-state index >= 15 is 0 Å². The first kappa shape index (κ1) is 11.2. The average Bonchev–Trinajstić information content (AvgIpc) is 2.14. The van der Waals surface area contributed by atoms with Crippen LogP contribution in [0.4, 0.5) is 0 Å². The summed E-state index contributed by atoms with van der Waals surface area (Å²) in [5.41, 5.74) is 4.87. The van der Waals surface area contributed by atoms with Gasteiger partial charge in [0.1, 0.15) is 0 Å². The molecule has 0 bridgehead atoms. The lowest BCUT2D eigenvalue weighted by molar-refractivity contribution is 0.0955. The van der Waals surface area contributed by atoms with Crippen LogP contribution in [0.5, 0.6) is 0 Å². The molecule has 1 aromatic carbocycles. The van der Waals surface area contributed by atoms with Gasteiger partial charge >= 0.3 is 0 Å². The van der Waals surface area contributed by atoms with E-state index in [0.29, 0.717) is 6.42 Å². The zero-order chi connectivity index (χ0) is 10.7. The predicted octanol–water partition coefficient (Wildman–Crippen LogP) is 1.51. The fourth-order valence-corrected chi connectivity index (χ4v) is 1.58. The molecule has 2 nitrogen and oxygen atoms in total. The fourth-order valence-electron chi connectivity index (χ4n) is 1.58. The van der Waals surface area contributed by atoms with E-state index in [2.05, 4.69) is 32.9 Å². The Kier molecular flexibility index (Phi) is 3.67. The predicted molar refractivity (Wildman–Crippen MR) is 57.4 cm³/mol. The molecule has 2 N–H and O–H groups in total. The Hall–Kier alpha value is -0.860. The highest BCUT2D eigenvalue weighted by Crippen LogP contribution is 2.16. The minimum absolute atomic E-state index is 0.175. The topological polar surface area (TPSA) is 40.5 Å². The van der Waals surface area contributed by atoms with Gasteiger partial charge in [0.2, 0.25) is 0 Å². The van der Waals surface area contributed by atoms with Crippen LogP contribution < -0.4 is 0 Å². The van der Waals surface area contributed by atoms with Gasteiger partial charge in [-0.15, -0.1) is 0 Å². The van der Waals surface area contributed by atoms with E-state index in [-0.39, 0.29) is 6.61 Å². The van der Waals surface area contributed by atoms with Crippen molar-refractivity contribution in [2.24, 2.45) is 0 Å². The minimum Gasteiger partial charge on any atom is -0.394 e. The molecule has 14 heavy (non-hydrogen) atoms. The maximum absolute atomic E-state index is 9.31. The molecule has 0 radical (unpaired) electrons. The molecule has 0 heterocycles. The molecule has 0 aliphatic heterocycles. The van der Waals surface area contributed by atoms with Crippen LogP contribution in [-0.2, 0) is 6.42 Å². The summed E-state index contributed by atoms with van der Waals surface area (Å²) in [7, 11) is 0. The monoisotopic (exact) mass is 194 g/mol. The van der Waals surface area contributed by atoms with Crippen LogP contribution in [-0.4, -0.2) is 22.9 Å². The van der Waals surface area contributed by atoms with Crippen molar-refractivity contribution in [1.82, 2.24) is 0 Å². The summed E-state index contributed by atoms with van der Waals surface area (Å²) >= 11 is 0. The Morgan fingerprint density at radius 2 is 1.64 bits per heavy atom. The molecule has 1 aromatic rings. The van der Waals surface area contributed by atoms with Gasteiger partial charge in [0.25, 0.3) is 0 Å². The van der Waals surface area contributed by atoms with Gasteiger partial charge in [0, 0.05) is 6.42 Å². The maximum Gasteiger partial charge on any atom is 0.0811 e. The maximum atomic E-state index is 9.31. The van der Waals surface area contributed by atoms with Crippen LogP contribution in [0, 0.1) is 20.8 Å². The van der Waals surface area contributed by atoms with Crippen molar-refractivity contribution in [1.29, 1.82) is 0 Å². The third kappa shape index (κ3) is 2.56. The lowest BCUT2D eigenvalue weighted by atomic mass is 9.98. The van der Waals surface area contributed by atoms with Crippen molar-refractivity contribution in [2.45, 2.75) is 33.3 Å². The number of aryl methyl sites for hydroxylation is 2. The highest BCUT2D eigenvalue weighted by molar-refractivity contribution is 5.37. The normalized spacial score (nSPS) is 12.9. The Balaban J connectivity index is 2.89. The molecule has 1 rings (SSSR count). The van der Waals surface area contributed by atoms with Crippen molar-refractivity contribution in [3.05, 3.63) is 34.4 Å². The van der Waals surface area contributed by atoms with E-state index < -0.39 is 6.10 Å². The molecule has 0 aromatic heterocycles. The van der Waals surface area contributed by atoms with Gasteiger partial charge < -0.3 is 10.2 Å². The lowest BCUT2D eigenvalue weighted by Gasteiger charge is -2.11. The summed E-state index contributed by atoms with van der Waals surface area (Å²) in [6, 6.07) is 4.14. The molecule has 0 spiro atoms. The molecule has 0 amide bonds. The van der Waals surface area contributed by atoms with Crippen LogP contribution in [0.2, 0.25) is 0 Å². The van der Waals surface area contributed by atoms with E-state index in [0.717, 1.165) is 5.56 Å². The molecule has 1 atom stereocenters. The molecule has 1 unspecified atom stereocenters. The summed E-state index contributed by atoms with van der Waals surface area (Å²) in [4.78, 5) is 0. The minimum atomic E-state index is -0.642. The summed E-state index contributed by atoms with van der Waals surface area (Å²) in [5, 5.41) is 18.1. The smallest absolute Gasteiger partial charge is 0.0811 e. The van der Waals surface area contributed by atoms with E-state index in [1.807, 2.05) is 0 Å². The molecule has 0 saturated carbocycles. The zero-order valence-electron chi connectivity index (χ0n) is 9.04. The standard InChI is InChI=1S/C12H18O2/c1-8-4-11(6-12(14)7-13)5-9(2)10(8)3/h4-5,12-14H,6-7H2,1-3H3. The Bertz CT molecular complexity index is 295. The average molecular weight is 194 g/mol. The number of rotatable bonds is 3. The van der Waals surface area contributed by atoms with E-state index in [1.165, 1.54) is 16.7 Å². The van der Waals surface area contributed by atoms with Gasteiger partial charge in [-0.2, -0.15) is 0 Å². The number of hydrogen-bond acceptors (Lipinski definition) is 2. The number of aliphatic hydroxyl groups is 2. The number of aliphatic hydroxyl groups excluding tert-OH is 2. The van der Waals surface area contributed by atoms with E-state index in [9.17, 15) is 5.11 Å². The Labute approximate surface area is 85.2 Å². The van der Waals surface area contributed by atoms with Crippen LogP contribution in [0.25, 0.3) is 0 Å². The molecule has 2 heteroatoms. The quantitative estimate of drug-likeness (QED) is 0.765. The molecular weight excluding hydrogens is 176 g/mol. The van der Waals surface area contributed by atoms with Crippen molar-refractivity contribution in [2.75, 3.05) is 6.61 Å². The highest BCUT2D eigenvalue weighted by atomic mass is 16.3. The molecule has 0 aliphatic rings. The molecular formula is C12H18O2. The highest BCUT2D eigenvalue weighted by Gasteiger charge is 2.06. The second kappa shape index (κ2) is 4.58. The van der Waals surface area contributed by atoms with Crippen LogP contribution >= 0.6 is 0 Å². The Morgan fingerprint density at radius 1 is 1.14 bits per heavy atom. The third-order valence-corrected chi connectivity index (χ3v) is 2.67.